The standard InChI is InChI=1S/C33H32O5Se/c1-5-13-24(14-6-1)21-34-30-29-28(23-36-32(38-29)26-17-9-3-10-18-26)37-33(39-27-19-11-4-12-20-27)31(30)35-22-25-15-7-2-8-16-25/h1-20,28-33H,21-23H2. The van der Waals surface area contributed by atoms with Crippen LogP contribution in [0.15, 0.2) is 121 Å². The summed E-state index contributed by atoms with van der Waals surface area (Å²) in [4.78, 5) is 0. The number of rotatable bonds is 9. The summed E-state index contributed by atoms with van der Waals surface area (Å²) in [5, 5.41) is -0.161. The van der Waals surface area contributed by atoms with E-state index in [9.17, 15) is 0 Å². The minimum absolute atomic E-state index is 0.00177. The quantitative estimate of drug-likeness (QED) is 0.257. The summed E-state index contributed by atoms with van der Waals surface area (Å²) in [5.74, 6) is 0. The Balaban J connectivity index is 1.30. The minimum atomic E-state index is -0.482. The molecule has 39 heavy (non-hydrogen) atoms. The van der Waals surface area contributed by atoms with Gasteiger partial charge in [0, 0.05) is 0 Å². The van der Waals surface area contributed by atoms with Crippen molar-refractivity contribution in [3.8, 4) is 0 Å². The Labute approximate surface area is 236 Å². The summed E-state index contributed by atoms with van der Waals surface area (Å²) in [6, 6.07) is 41.1. The summed E-state index contributed by atoms with van der Waals surface area (Å²) in [6.45, 7) is 1.37. The van der Waals surface area contributed by atoms with Gasteiger partial charge in [0.15, 0.2) is 0 Å². The second-order valence-electron chi connectivity index (χ2n) is 9.67. The van der Waals surface area contributed by atoms with Gasteiger partial charge in [0.25, 0.3) is 0 Å². The van der Waals surface area contributed by atoms with E-state index in [1.165, 1.54) is 4.46 Å². The number of hydrogen-bond donors (Lipinski definition) is 0. The zero-order chi connectivity index (χ0) is 26.3. The van der Waals surface area contributed by atoms with Crippen LogP contribution in [0.3, 0.4) is 0 Å². The first kappa shape index (κ1) is 26.4. The fourth-order valence-corrected chi connectivity index (χ4v) is 7.36. The van der Waals surface area contributed by atoms with Gasteiger partial charge in [-0.25, -0.2) is 0 Å². The Kier molecular flexibility index (Phi) is 8.83. The van der Waals surface area contributed by atoms with Crippen LogP contribution in [0.25, 0.3) is 0 Å². The summed E-state index contributed by atoms with van der Waals surface area (Å²) < 4.78 is 34.2. The molecule has 2 aliphatic rings. The molecule has 0 aromatic heterocycles. The van der Waals surface area contributed by atoms with Crippen molar-refractivity contribution in [2.45, 2.75) is 48.9 Å². The van der Waals surface area contributed by atoms with Gasteiger partial charge in [-0.2, -0.15) is 0 Å². The van der Waals surface area contributed by atoms with Gasteiger partial charge in [-0.15, -0.1) is 0 Å². The molecule has 6 heteroatoms. The van der Waals surface area contributed by atoms with Gasteiger partial charge in [-0.1, -0.05) is 0 Å². The maximum absolute atomic E-state index is 6.73. The van der Waals surface area contributed by atoms with Crippen molar-refractivity contribution in [3.63, 3.8) is 0 Å². The molecule has 0 aliphatic carbocycles. The molecular weight excluding hydrogens is 555 g/mol. The first-order valence-electron chi connectivity index (χ1n) is 13.3. The predicted molar refractivity (Wildman–Crippen MR) is 151 cm³/mol. The Morgan fingerprint density at radius 2 is 1.15 bits per heavy atom. The topological polar surface area (TPSA) is 46.2 Å². The van der Waals surface area contributed by atoms with E-state index in [4.69, 9.17) is 23.7 Å². The van der Waals surface area contributed by atoms with Gasteiger partial charge >= 0.3 is 237 Å². The first-order chi connectivity index (χ1) is 19.3. The van der Waals surface area contributed by atoms with Crippen LogP contribution in [0.2, 0.25) is 0 Å². The van der Waals surface area contributed by atoms with Crippen molar-refractivity contribution in [3.05, 3.63) is 138 Å². The molecule has 2 heterocycles. The summed E-state index contributed by atoms with van der Waals surface area (Å²) in [6.07, 6.45) is -1.72. The molecule has 6 unspecified atom stereocenters. The Bertz CT molecular complexity index is 1270. The van der Waals surface area contributed by atoms with E-state index in [-0.39, 0.29) is 44.4 Å². The molecular formula is C33H32O5Se. The first-order valence-corrected chi connectivity index (χ1v) is 15.2. The van der Waals surface area contributed by atoms with Crippen LogP contribution in [-0.2, 0) is 36.9 Å². The molecule has 4 aromatic carbocycles. The van der Waals surface area contributed by atoms with E-state index in [2.05, 4.69) is 48.5 Å². The van der Waals surface area contributed by atoms with Crippen LogP contribution < -0.4 is 4.46 Å². The summed E-state index contributed by atoms with van der Waals surface area (Å²) in [7, 11) is 0. The molecule has 4 aromatic rings. The van der Waals surface area contributed by atoms with Crippen molar-refractivity contribution < 1.29 is 23.7 Å². The van der Waals surface area contributed by atoms with E-state index in [0.717, 1.165) is 16.7 Å². The van der Waals surface area contributed by atoms with Gasteiger partial charge in [0.05, 0.1) is 0 Å². The molecule has 6 atom stereocenters. The van der Waals surface area contributed by atoms with Crippen LogP contribution in [-0.4, -0.2) is 51.0 Å². The zero-order valence-electron chi connectivity index (χ0n) is 21.6. The van der Waals surface area contributed by atoms with Gasteiger partial charge in [-0.05, 0) is 0 Å². The SMILES string of the molecule is c1ccc(COC2C([Se]c3ccccc3)OC3COC(c4ccccc4)OC3C2OCc2ccccc2)cc1. The number of benzene rings is 4. The van der Waals surface area contributed by atoms with E-state index in [0.29, 0.717) is 19.8 Å². The van der Waals surface area contributed by atoms with Crippen LogP contribution in [0.4, 0.5) is 0 Å². The monoisotopic (exact) mass is 588 g/mol. The van der Waals surface area contributed by atoms with Crippen molar-refractivity contribution >= 4 is 19.4 Å². The molecule has 0 bridgehead atoms. The third-order valence-corrected chi connectivity index (χ3v) is 9.35. The average molecular weight is 588 g/mol. The molecule has 2 saturated heterocycles. The zero-order valence-corrected chi connectivity index (χ0v) is 23.3. The maximum atomic E-state index is 6.73. The Morgan fingerprint density at radius 3 is 1.77 bits per heavy atom. The van der Waals surface area contributed by atoms with Crippen LogP contribution in [0, 0.1) is 0 Å². The predicted octanol–water partition coefficient (Wildman–Crippen LogP) is 5.03. The number of ether oxygens (including phenoxy) is 5. The molecule has 2 fully saturated rings. The molecule has 0 N–H and O–H groups in total. The normalized spacial score (nSPS) is 26.6. The van der Waals surface area contributed by atoms with Crippen LogP contribution >= 0.6 is 0 Å². The van der Waals surface area contributed by atoms with Crippen LogP contribution in [0.1, 0.15) is 23.0 Å². The molecule has 5 nitrogen and oxygen atoms in total. The van der Waals surface area contributed by atoms with Crippen LogP contribution in [0.5, 0.6) is 0 Å². The van der Waals surface area contributed by atoms with Crippen molar-refractivity contribution in [1.82, 2.24) is 0 Å². The molecule has 0 amide bonds. The summed E-state index contributed by atoms with van der Waals surface area (Å²) >= 11 is -0.00177. The van der Waals surface area contributed by atoms with Crippen molar-refractivity contribution in [1.29, 1.82) is 0 Å². The number of fused-ring (bicyclic) bond motifs is 1. The van der Waals surface area contributed by atoms with E-state index in [1.807, 2.05) is 72.8 Å². The average Bonchev–Trinajstić information content (AvgIpc) is 3.01. The van der Waals surface area contributed by atoms with Gasteiger partial charge in [0.2, 0.25) is 0 Å². The second-order valence-corrected chi connectivity index (χ2v) is 12.1. The third-order valence-electron chi connectivity index (χ3n) is 6.92. The van der Waals surface area contributed by atoms with E-state index >= 15 is 0 Å². The molecule has 2 aliphatic heterocycles. The van der Waals surface area contributed by atoms with Gasteiger partial charge in [0.1, 0.15) is 0 Å². The van der Waals surface area contributed by atoms with Crippen molar-refractivity contribution in [2.75, 3.05) is 6.61 Å². The third kappa shape index (κ3) is 6.68. The number of hydrogen-bond acceptors (Lipinski definition) is 5. The molecule has 0 radical (unpaired) electrons. The molecule has 6 rings (SSSR count). The fourth-order valence-electron chi connectivity index (χ4n) is 4.95. The van der Waals surface area contributed by atoms with E-state index < -0.39 is 6.29 Å². The Morgan fingerprint density at radius 1 is 0.615 bits per heavy atom. The van der Waals surface area contributed by atoms with Gasteiger partial charge < -0.3 is 0 Å². The van der Waals surface area contributed by atoms with Crippen molar-refractivity contribution in [2.24, 2.45) is 0 Å². The molecule has 0 saturated carbocycles. The molecule has 200 valence electrons. The second kappa shape index (κ2) is 13.0. The van der Waals surface area contributed by atoms with Gasteiger partial charge in [-0.3, -0.25) is 0 Å². The molecule has 0 spiro atoms. The van der Waals surface area contributed by atoms with E-state index in [1.54, 1.807) is 0 Å². The Hall–Kier alpha value is -2.80. The fraction of sp³-hybridized carbons (Fsp3) is 0.273. The summed E-state index contributed by atoms with van der Waals surface area (Å²) in [5.41, 5.74) is 3.21.